The smallest absolute Gasteiger partial charge is 0.257 e. The van der Waals surface area contributed by atoms with Crippen molar-refractivity contribution in [2.24, 2.45) is 0 Å². The second kappa shape index (κ2) is 6.17. The van der Waals surface area contributed by atoms with E-state index in [1.165, 1.54) is 16.8 Å². The normalized spacial score (nSPS) is 16.5. The number of amides is 1. The van der Waals surface area contributed by atoms with E-state index in [0.717, 1.165) is 5.56 Å². The summed E-state index contributed by atoms with van der Waals surface area (Å²) in [5.41, 5.74) is 1.50. The molecule has 3 rings (SSSR count). The van der Waals surface area contributed by atoms with Crippen molar-refractivity contribution in [2.75, 3.05) is 26.2 Å². The summed E-state index contributed by atoms with van der Waals surface area (Å²) in [7, 11) is -3.50. The Bertz CT molecular complexity index is 774. The Kier molecular flexibility index (Phi) is 4.23. The number of carbonyl (C=O) groups is 1. The molecular formula is C16H18N2O4S. The highest BCUT2D eigenvalue weighted by molar-refractivity contribution is 7.89. The van der Waals surface area contributed by atoms with Gasteiger partial charge in [-0.2, -0.15) is 4.31 Å². The molecule has 0 atom stereocenters. The van der Waals surface area contributed by atoms with Gasteiger partial charge in [0, 0.05) is 26.2 Å². The fourth-order valence-electron chi connectivity index (χ4n) is 2.56. The lowest BCUT2D eigenvalue weighted by Crippen LogP contribution is -2.50. The zero-order valence-electron chi connectivity index (χ0n) is 12.8. The Morgan fingerprint density at radius 1 is 1.04 bits per heavy atom. The maximum atomic E-state index is 12.6. The van der Waals surface area contributed by atoms with Crippen LogP contribution in [-0.2, 0) is 10.0 Å². The van der Waals surface area contributed by atoms with Gasteiger partial charge in [-0.15, -0.1) is 0 Å². The molecule has 1 saturated heterocycles. The van der Waals surface area contributed by atoms with Crippen molar-refractivity contribution >= 4 is 15.9 Å². The molecular weight excluding hydrogens is 316 g/mol. The third kappa shape index (κ3) is 3.16. The Balaban J connectivity index is 1.69. The number of carbonyl (C=O) groups excluding carboxylic acids is 1. The topological polar surface area (TPSA) is 70.8 Å². The first-order valence-corrected chi connectivity index (χ1v) is 8.81. The van der Waals surface area contributed by atoms with E-state index < -0.39 is 10.0 Å². The molecule has 2 aromatic rings. The van der Waals surface area contributed by atoms with Gasteiger partial charge in [-0.05, 0) is 25.1 Å². The van der Waals surface area contributed by atoms with Crippen LogP contribution in [0, 0.1) is 6.92 Å². The number of furan rings is 1. The molecule has 0 N–H and O–H groups in total. The summed E-state index contributed by atoms with van der Waals surface area (Å²) < 4.78 is 31.6. The number of aryl methyl sites for hydroxylation is 1. The predicted octanol–water partition coefficient (Wildman–Crippen LogP) is 1.73. The number of hydrogen-bond acceptors (Lipinski definition) is 4. The summed E-state index contributed by atoms with van der Waals surface area (Å²) in [6.45, 7) is 3.24. The molecule has 6 nitrogen and oxygen atoms in total. The summed E-state index contributed by atoms with van der Waals surface area (Å²) in [5.74, 6) is -0.133. The van der Waals surface area contributed by atoms with E-state index in [1.807, 2.05) is 6.92 Å². The molecule has 1 aliphatic heterocycles. The minimum Gasteiger partial charge on any atom is -0.472 e. The van der Waals surface area contributed by atoms with Gasteiger partial charge in [-0.1, -0.05) is 17.7 Å². The maximum absolute atomic E-state index is 12.6. The second-order valence-electron chi connectivity index (χ2n) is 5.52. The molecule has 1 aromatic heterocycles. The molecule has 0 saturated carbocycles. The fraction of sp³-hybridized carbons (Fsp3) is 0.312. The van der Waals surface area contributed by atoms with E-state index in [2.05, 4.69) is 0 Å². The van der Waals surface area contributed by atoms with E-state index in [1.54, 1.807) is 35.2 Å². The van der Waals surface area contributed by atoms with Crippen LogP contribution in [0.25, 0.3) is 0 Å². The molecule has 23 heavy (non-hydrogen) atoms. The van der Waals surface area contributed by atoms with E-state index >= 15 is 0 Å². The Morgan fingerprint density at radius 2 is 1.70 bits per heavy atom. The van der Waals surface area contributed by atoms with Crippen LogP contribution in [0.3, 0.4) is 0 Å². The molecule has 7 heteroatoms. The van der Waals surface area contributed by atoms with Crippen molar-refractivity contribution in [3.63, 3.8) is 0 Å². The van der Waals surface area contributed by atoms with Gasteiger partial charge in [0.15, 0.2) is 0 Å². The van der Waals surface area contributed by atoms with Gasteiger partial charge in [-0.25, -0.2) is 8.42 Å². The first-order chi connectivity index (χ1) is 11.0. The van der Waals surface area contributed by atoms with E-state index in [4.69, 9.17) is 4.42 Å². The van der Waals surface area contributed by atoms with Crippen LogP contribution in [0.15, 0.2) is 52.2 Å². The molecule has 0 aliphatic carbocycles. The molecule has 1 fully saturated rings. The number of sulfonamides is 1. The molecule has 0 bridgehead atoms. The Hall–Kier alpha value is -2.12. The highest BCUT2D eigenvalue weighted by atomic mass is 32.2. The van der Waals surface area contributed by atoms with Crippen molar-refractivity contribution in [2.45, 2.75) is 11.8 Å². The van der Waals surface area contributed by atoms with E-state index in [0.29, 0.717) is 31.7 Å². The minimum atomic E-state index is -3.50. The molecule has 0 spiro atoms. The van der Waals surface area contributed by atoms with Crippen LogP contribution in [0.2, 0.25) is 0 Å². The number of nitrogens with zero attached hydrogens (tertiary/aromatic N) is 2. The molecule has 0 unspecified atom stereocenters. The molecule has 1 aliphatic rings. The van der Waals surface area contributed by atoms with Crippen molar-refractivity contribution in [1.82, 2.24) is 9.21 Å². The molecule has 1 amide bonds. The largest absolute Gasteiger partial charge is 0.472 e. The summed E-state index contributed by atoms with van der Waals surface area (Å²) in [4.78, 5) is 14.2. The van der Waals surface area contributed by atoms with E-state index in [9.17, 15) is 13.2 Å². The zero-order valence-corrected chi connectivity index (χ0v) is 13.6. The van der Waals surface area contributed by atoms with Crippen molar-refractivity contribution < 1.29 is 17.6 Å². The lowest BCUT2D eigenvalue weighted by molar-refractivity contribution is 0.0697. The predicted molar refractivity (Wildman–Crippen MR) is 84.5 cm³/mol. The minimum absolute atomic E-state index is 0.133. The average molecular weight is 334 g/mol. The van der Waals surface area contributed by atoms with Crippen molar-refractivity contribution in [3.05, 3.63) is 54.0 Å². The lowest BCUT2D eigenvalue weighted by Gasteiger charge is -2.33. The fourth-order valence-corrected chi connectivity index (χ4v) is 3.98. The van der Waals surface area contributed by atoms with E-state index in [-0.39, 0.29) is 10.8 Å². The zero-order chi connectivity index (χ0) is 16.4. The second-order valence-corrected chi connectivity index (χ2v) is 7.46. The van der Waals surface area contributed by atoms with Gasteiger partial charge < -0.3 is 9.32 Å². The van der Waals surface area contributed by atoms with Crippen LogP contribution >= 0.6 is 0 Å². The van der Waals surface area contributed by atoms with Crippen LogP contribution in [0.5, 0.6) is 0 Å². The molecule has 1 aromatic carbocycles. The number of benzene rings is 1. The first-order valence-electron chi connectivity index (χ1n) is 7.37. The van der Waals surface area contributed by atoms with Crippen LogP contribution in [0.1, 0.15) is 15.9 Å². The van der Waals surface area contributed by atoms with Gasteiger partial charge in [-0.3, -0.25) is 4.79 Å². The van der Waals surface area contributed by atoms with Gasteiger partial charge in [0.2, 0.25) is 10.0 Å². The summed E-state index contributed by atoms with van der Waals surface area (Å²) >= 11 is 0. The summed E-state index contributed by atoms with van der Waals surface area (Å²) in [6.07, 6.45) is 2.85. The van der Waals surface area contributed by atoms with Crippen LogP contribution in [0.4, 0.5) is 0 Å². The first kappa shape index (κ1) is 15.8. The molecule has 2 heterocycles. The Labute approximate surface area is 135 Å². The monoisotopic (exact) mass is 334 g/mol. The number of hydrogen-bond donors (Lipinski definition) is 0. The average Bonchev–Trinajstić information content (AvgIpc) is 3.09. The number of piperazine rings is 1. The highest BCUT2D eigenvalue weighted by Gasteiger charge is 2.30. The summed E-state index contributed by atoms with van der Waals surface area (Å²) in [6, 6.07) is 8.41. The van der Waals surface area contributed by atoms with Crippen molar-refractivity contribution in [1.29, 1.82) is 0 Å². The maximum Gasteiger partial charge on any atom is 0.257 e. The third-order valence-electron chi connectivity index (χ3n) is 3.95. The third-order valence-corrected chi connectivity index (χ3v) is 5.87. The van der Waals surface area contributed by atoms with Gasteiger partial charge in [0.25, 0.3) is 5.91 Å². The summed E-state index contributed by atoms with van der Waals surface area (Å²) in [5, 5.41) is 0. The molecule has 122 valence electrons. The quantitative estimate of drug-likeness (QED) is 0.857. The van der Waals surface area contributed by atoms with Crippen molar-refractivity contribution in [3.8, 4) is 0 Å². The van der Waals surface area contributed by atoms with Gasteiger partial charge in [0.1, 0.15) is 6.26 Å². The highest BCUT2D eigenvalue weighted by Crippen LogP contribution is 2.19. The van der Waals surface area contributed by atoms with Crippen LogP contribution in [-0.4, -0.2) is 49.7 Å². The van der Waals surface area contributed by atoms with Gasteiger partial charge in [0.05, 0.1) is 16.7 Å². The SMILES string of the molecule is Cc1ccc(S(=O)(=O)N2CCN(C(=O)c3ccoc3)CC2)cc1. The van der Waals surface area contributed by atoms with Gasteiger partial charge >= 0.3 is 0 Å². The standard InChI is InChI=1S/C16H18N2O4S/c1-13-2-4-15(5-3-13)23(20,21)18-9-7-17(8-10-18)16(19)14-6-11-22-12-14/h2-6,11-12H,7-10H2,1H3. The molecule has 0 radical (unpaired) electrons. The number of rotatable bonds is 3. The van der Waals surface area contributed by atoms with Crippen LogP contribution < -0.4 is 0 Å². The lowest BCUT2D eigenvalue weighted by atomic mass is 10.2. The Morgan fingerprint density at radius 3 is 2.26 bits per heavy atom.